The second kappa shape index (κ2) is 20.2. The van der Waals surface area contributed by atoms with Crippen LogP contribution in [-0.4, -0.2) is 67.2 Å². The number of amides is 2. The van der Waals surface area contributed by atoms with Gasteiger partial charge in [-0.15, -0.1) is 0 Å². The minimum absolute atomic E-state index is 0. The molecule has 0 unspecified atom stereocenters. The number of nitrogens with zero attached hydrogens (tertiary/aromatic N) is 1. The molecule has 49 heavy (non-hydrogen) atoms. The van der Waals surface area contributed by atoms with E-state index in [-0.39, 0.29) is 94.5 Å². The van der Waals surface area contributed by atoms with Crippen LogP contribution in [0.15, 0.2) is 72.8 Å². The van der Waals surface area contributed by atoms with Crippen molar-refractivity contribution < 1.29 is 85.0 Å². The van der Waals surface area contributed by atoms with E-state index >= 15 is 0 Å². The standard InChI is InChI=1S/C12H12F3NO2.C10H11NO2.C6H7NO.C4H6Br2O.Al.HI.Li.3H/c1-11(2)7-16(10(17)12(13,14)15)8-5-3-4-6-9(8)18-11;1-10(2)9(12)11-7-5-3-4-6-8(7)13-10;7-5-3-1-2-4-6(5)8;1-4(2,6)3(5)7;;;;;;/h3-6H,7H2,1-2H3;3-6H,1-2H3,(H,11,12);1-4,8H,7H2;1-2H3;;1H;;;;/q;;;;;;+1;;;/p-1. The monoisotopic (exact) mass is 937 g/mol. The summed E-state index contributed by atoms with van der Waals surface area (Å²) in [7, 11) is 0. The summed E-state index contributed by atoms with van der Waals surface area (Å²) >= 11 is 5.96. The number of alkyl halides is 4. The third-order valence-electron chi connectivity index (χ3n) is 6.02. The van der Waals surface area contributed by atoms with E-state index in [0.29, 0.717) is 5.69 Å². The van der Waals surface area contributed by atoms with Gasteiger partial charge in [-0.25, -0.2) is 0 Å². The normalized spacial score (nSPS) is 14.6. The largest absolute Gasteiger partial charge is 1.00 e. The number of fused-ring (bicyclic) bond motifs is 2. The predicted octanol–water partition coefficient (Wildman–Crippen LogP) is 0.429. The summed E-state index contributed by atoms with van der Waals surface area (Å²) < 4.78 is 48.3. The van der Waals surface area contributed by atoms with Crippen LogP contribution >= 0.6 is 31.9 Å². The van der Waals surface area contributed by atoms with E-state index in [2.05, 4.69) is 37.2 Å². The van der Waals surface area contributed by atoms with Crippen LogP contribution in [0.1, 0.15) is 41.5 Å². The maximum atomic E-state index is 12.5. The van der Waals surface area contributed by atoms with Gasteiger partial charge in [-0.05, 0) is 93.9 Å². The summed E-state index contributed by atoms with van der Waals surface area (Å²) in [6.07, 6.45) is -4.89. The first-order chi connectivity index (χ1) is 21.0. The van der Waals surface area contributed by atoms with E-state index in [0.717, 1.165) is 16.3 Å². The molecule has 3 aromatic carbocycles. The molecule has 2 aliphatic heterocycles. The van der Waals surface area contributed by atoms with Crippen LogP contribution in [0.2, 0.25) is 0 Å². The van der Waals surface area contributed by atoms with Crippen LogP contribution in [0.5, 0.6) is 17.2 Å². The molecule has 0 saturated heterocycles. The predicted molar refractivity (Wildman–Crippen MR) is 189 cm³/mol. The van der Waals surface area contributed by atoms with Crippen molar-refractivity contribution in [3.05, 3.63) is 72.8 Å². The van der Waals surface area contributed by atoms with Crippen molar-refractivity contribution in [3.63, 3.8) is 0 Å². The summed E-state index contributed by atoms with van der Waals surface area (Å²) in [6.45, 7) is 10.2. The molecule has 0 bridgehead atoms. The molecule has 4 N–H and O–H groups in total. The number of nitrogens with one attached hydrogen (secondary N) is 1. The van der Waals surface area contributed by atoms with Crippen LogP contribution in [-0.2, 0) is 14.4 Å². The molecule has 2 aliphatic rings. The molecule has 9 nitrogen and oxygen atoms in total. The van der Waals surface area contributed by atoms with E-state index in [1.165, 1.54) is 6.07 Å². The Hall–Kier alpha value is -1.92. The molecular formula is C32H39AlBr2F3ILiN3O6. The first-order valence-electron chi connectivity index (χ1n) is 13.7. The first kappa shape index (κ1) is 49.2. The molecule has 0 spiro atoms. The van der Waals surface area contributed by atoms with Crippen LogP contribution in [0.25, 0.3) is 0 Å². The van der Waals surface area contributed by atoms with Crippen molar-refractivity contribution in [1.82, 2.24) is 0 Å². The van der Waals surface area contributed by atoms with Crippen LogP contribution < -0.4 is 68.3 Å². The zero-order valence-corrected chi connectivity index (χ0v) is 32.7. The average molecular weight is 939 g/mol. The molecule has 0 aromatic heterocycles. The Labute approximate surface area is 340 Å². The number of para-hydroxylation sites is 6. The first-order valence-corrected chi connectivity index (χ1v) is 15.3. The topological polar surface area (TPSA) is 131 Å². The SMILES string of the molecule is CC(C)(Br)C(=O)Br.CC1(C)CN(C(=O)C(F)(F)F)c2ccccc2O1.CC1(C)Oc2ccccc2NC1=O.Nc1ccccc1O.[AlH3].[I-].[Li+]. The van der Waals surface area contributed by atoms with E-state index in [1.807, 2.05) is 24.3 Å². The third kappa shape index (κ3) is 15.5. The van der Waals surface area contributed by atoms with Crippen molar-refractivity contribution in [2.75, 3.05) is 22.5 Å². The van der Waals surface area contributed by atoms with Crippen LogP contribution in [0, 0.1) is 0 Å². The number of benzene rings is 3. The Morgan fingerprint density at radius 2 is 1.39 bits per heavy atom. The summed E-state index contributed by atoms with van der Waals surface area (Å²) in [5.41, 5.74) is 4.97. The van der Waals surface area contributed by atoms with Gasteiger partial charge in [0.15, 0.2) is 23.0 Å². The fraction of sp³-hybridized carbons (Fsp3) is 0.344. The number of rotatable bonds is 1. The Kier molecular flexibility index (Phi) is 20.3. The van der Waals surface area contributed by atoms with Gasteiger partial charge < -0.3 is 49.6 Å². The summed E-state index contributed by atoms with van der Waals surface area (Å²) in [4.78, 5) is 33.9. The number of aromatic hydroxyl groups is 1. The number of phenols is 1. The number of carbonyl (C=O) groups is 3. The number of anilines is 3. The second-order valence-electron chi connectivity index (χ2n) is 11.6. The number of nitrogen functional groups attached to an aromatic ring is 1. The number of hydrogen-bond acceptors (Lipinski definition) is 7. The molecule has 0 fully saturated rings. The molecule has 3 aromatic rings. The Bertz CT molecular complexity index is 1540. The zero-order chi connectivity index (χ0) is 35.1. The molecule has 0 atom stereocenters. The Morgan fingerprint density at radius 3 is 1.86 bits per heavy atom. The molecule has 0 radical (unpaired) electrons. The van der Waals surface area contributed by atoms with Gasteiger partial charge in [0.25, 0.3) is 5.91 Å². The zero-order valence-electron chi connectivity index (χ0n) is 27.4. The van der Waals surface area contributed by atoms with Crippen molar-refractivity contribution in [2.24, 2.45) is 0 Å². The van der Waals surface area contributed by atoms with Crippen LogP contribution in [0.4, 0.5) is 30.2 Å². The fourth-order valence-corrected chi connectivity index (χ4v) is 3.64. The number of halogens is 6. The van der Waals surface area contributed by atoms with Gasteiger partial charge in [0, 0.05) is 0 Å². The van der Waals surface area contributed by atoms with Gasteiger partial charge in [-0.2, -0.15) is 13.2 Å². The summed E-state index contributed by atoms with van der Waals surface area (Å²) in [5, 5.41) is 11.6. The maximum absolute atomic E-state index is 12.5. The molecule has 5 rings (SSSR count). The molecule has 0 saturated carbocycles. The third-order valence-corrected chi connectivity index (χ3v) is 7.90. The van der Waals surface area contributed by atoms with Gasteiger partial charge >= 0.3 is 30.9 Å². The number of nitrogens with two attached hydrogens (primary N) is 1. The summed E-state index contributed by atoms with van der Waals surface area (Å²) in [5.74, 6) is -0.816. The molecule has 2 heterocycles. The van der Waals surface area contributed by atoms with Crippen molar-refractivity contribution >= 4 is 82.8 Å². The van der Waals surface area contributed by atoms with Crippen molar-refractivity contribution in [1.29, 1.82) is 0 Å². The van der Waals surface area contributed by atoms with E-state index in [1.54, 1.807) is 84.0 Å². The Balaban J connectivity index is 0. The molecule has 264 valence electrons. The van der Waals surface area contributed by atoms with Crippen LogP contribution in [0.3, 0.4) is 0 Å². The molecule has 17 heteroatoms. The Morgan fingerprint density at radius 1 is 0.918 bits per heavy atom. The number of phenolic OH excluding ortho intramolecular Hbond substituents is 1. The van der Waals surface area contributed by atoms with Crippen molar-refractivity contribution in [3.8, 4) is 17.2 Å². The molecule has 2 amide bonds. The quantitative estimate of drug-likeness (QED) is 0.0807. The van der Waals surface area contributed by atoms with Gasteiger partial charge in [0.05, 0.1) is 27.9 Å². The minimum atomic E-state index is -4.89. The van der Waals surface area contributed by atoms with Gasteiger partial charge in [-0.1, -0.05) is 52.3 Å². The van der Waals surface area contributed by atoms with Gasteiger partial charge in [0.1, 0.15) is 22.8 Å². The van der Waals surface area contributed by atoms with Crippen molar-refractivity contribution in [2.45, 2.75) is 63.2 Å². The van der Waals surface area contributed by atoms with E-state index in [4.69, 9.17) is 20.3 Å². The van der Waals surface area contributed by atoms with E-state index < -0.39 is 27.6 Å². The minimum Gasteiger partial charge on any atom is -1.00 e. The number of ether oxygens (including phenoxy) is 2. The average Bonchev–Trinajstić information content (AvgIpc) is 2.94. The number of hydrogen-bond donors (Lipinski definition) is 3. The molecular weight excluding hydrogens is 900 g/mol. The molecule has 0 aliphatic carbocycles. The second-order valence-corrected chi connectivity index (χ2v) is 14.3. The number of carbonyl (C=O) groups excluding carboxylic acids is 3. The smallest absolute Gasteiger partial charge is 1.00 e. The van der Waals surface area contributed by atoms with E-state index in [9.17, 15) is 27.6 Å². The summed E-state index contributed by atoms with van der Waals surface area (Å²) in [6, 6.07) is 20.3. The maximum Gasteiger partial charge on any atom is 1.00 e. The fourth-order valence-electron chi connectivity index (χ4n) is 3.64. The van der Waals surface area contributed by atoms with Gasteiger partial charge in [0.2, 0.25) is 4.69 Å². The van der Waals surface area contributed by atoms with Gasteiger partial charge in [-0.3, -0.25) is 19.3 Å².